The van der Waals surface area contributed by atoms with Crippen LogP contribution in [0.4, 0.5) is 11.6 Å². The van der Waals surface area contributed by atoms with Gasteiger partial charge in [-0.3, -0.25) is 0 Å². The second kappa shape index (κ2) is 8.17. The van der Waals surface area contributed by atoms with Crippen LogP contribution < -0.4 is 11.1 Å². The van der Waals surface area contributed by atoms with Gasteiger partial charge in [-0.15, -0.1) is 0 Å². The number of thioether (sulfide) groups is 1. The van der Waals surface area contributed by atoms with Crippen LogP contribution in [-0.4, -0.2) is 28.5 Å². The predicted octanol–water partition coefficient (Wildman–Crippen LogP) is 2.57. The summed E-state index contributed by atoms with van der Waals surface area (Å²) in [4.78, 5) is 8.52. The fourth-order valence-electron chi connectivity index (χ4n) is 1.53. The van der Waals surface area contributed by atoms with Gasteiger partial charge in [-0.1, -0.05) is 13.3 Å². The SMILES string of the molecule is CCc1nc(N)cc(NCCCCCSC)n1. The van der Waals surface area contributed by atoms with Crippen LogP contribution >= 0.6 is 11.8 Å². The zero-order chi connectivity index (χ0) is 12.5. The van der Waals surface area contributed by atoms with Crippen molar-refractivity contribution in [2.45, 2.75) is 32.6 Å². The molecule has 1 rings (SSSR count). The number of rotatable bonds is 8. The summed E-state index contributed by atoms with van der Waals surface area (Å²) in [6, 6.07) is 1.79. The van der Waals surface area contributed by atoms with E-state index in [0.717, 1.165) is 24.6 Å². The first-order chi connectivity index (χ1) is 8.26. The van der Waals surface area contributed by atoms with Gasteiger partial charge >= 0.3 is 0 Å². The van der Waals surface area contributed by atoms with Crippen molar-refractivity contribution < 1.29 is 0 Å². The molecule has 0 saturated carbocycles. The van der Waals surface area contributed by atoms with E-state index in [4.69, 9.17) is 5.73 Å². The molecule has 1 aromatic heterocycles. The number of hydrogen-bond donors (Lipinski definition) is 2. The average molecular weight is 254 g/mol. The summed E-state index contributed by atoms with van der Waals surface area (Å²) in [7, 11) is 0. The molecule has 0 radical (unpaired) electrons. The number of nitrogen functional groups attached to an aromatic ring is 1. The van der Waals surface area contributed by atoms with Gasteiger partial charge in [-0.2, -0.15) is 11.8 Å². The fraction of sp³-hybridized carbons (Fsp3) is 0.667. The average Bonchev–Trinajstić information content (AvgIpc) is 2.33. The Balaban J connectivity index is 2.28. The van der Waals surface area contributed by atoms with E-state index in [9.17, 15) is 0 Å². The summed E-state index contributed by atoms with van der Waals surface area (Å²) in [5.74, 6) is 3.44. The Hall–Kier alpha value is -0.970. The Morgan fingerprint density at radius 2 is 2.12 bits per heavy atom. The Bertz CT molecular complexity index is 330. The zero-order valence-corrected chi connectivity index (χ0v) is 11.5. The summed E-state index contributed by atoms with van der Waals surface area (Å²) in [6.07, 6.45) is 6.68. The number of hydrogen-bond acceptors (Lipinski definition) is 5. The molecule has 96 valence electrons. The van der Waals surface area contributed by atoms with E-state index in [-0.39, 0.29) is 0 Å². The summed E-state index contributed by atoms with van der Waals surface area (Å²) >= 11 is 1.91. The van der Waals surface area contributed by atoms with Gasteiger partial charge in [-0.25, -0.2) is 9.97 Å². The Morgan fingerprint density at radius 3 is 2.82 bits per heavy atom. The Morgan fingerprint density at radius 1 is 1.29 bits per heavy atom. The highest BCUT2D eigenvalue weighted by atomic mass is 32.2. The molecule has 0 aromatic carbocycles. The topological polar surface area (TPSA) is 63.8 Å². The van der Waals surface area contributed by atoms with Crippen molar-refractivity contribution in [1.29, 1.82) is 0 Å². The summed E-state index contributed by atoms with van der Waals surface area (Å²) in [5.41, 5.74) is 5.71. The lowest BCUT2D eigenvalue weighted by Crippen LogP contribution is -2.07. The highest BCUT2D eigenvalue weighted by Gasteiger charge is 2.00. The molecule has 0 aliphatic heterocycles. The monoisotopic (exact) mass is 254 g/mol. The van der Waals surface area contributed by atoms with Gasteiger partial charge in [0.05, 0.1) is 0 Å². The summed E-state index contributed by atoms with van der Waals surface area (Å²) in [6.45, 7) is 2.98. The van der Waals surface area contributed by atoms with E-state index < -0.39 is 0 Å². The van der Waals surface area contributed by atoms with Crippen molar-refractivity contribution >= 4 is 23.4 Å². The zero-order valence-electron chi connectivity index (χ0n) is 10.7. The molecule has 4 nitrogen and oxygen atoms in total. The van der Waals surface area contributed by atoms with E-state index in [1.165, 1.54) is 25.0 Å². The van der Waals surface area contributed by atoms with Gasteiger partial charge in [-0.05, 0) is 24.9 Å². The molecule has 0 fully saturated rings. The molecule has 0 atom stereocenters. The van der Waals surface area contributed by atoms with Crippen molar-refractivity contribution in [3.05, 3.63) is 11.9 Å². The first kappa shape index (κ1) is 14.1. The van der Waals surface area contributed by atoms with Crippen LogP contribution in [0.15, 0.2) is 6.07 Å². The molecule has 1 aromatic rings. The van der Waals surface area contributed by atoms with Crippen molar-refractivity contribution in [2.24, 2.45) is 0 Å². The van der Waals surface area contributed by atoms with Gasteiger partial charge < -0.3 is 11.1 Å². The largest absolute Gasteiger partial charge is 0.384 e. The van der Waals surface area contributed by atoms with Gasteiger partial charge in [0.1, 0.15) is 17.5 Å². The smallest absolute Gasteiger partial charge is 0.132 e. The first-order valence-corrected chi connectivity index (χ1v) is 7.52. The molecule has 1 heterocycles. The van der Waals surface area contributed by atoms with Crippen LogP contribution in [0.1, 0.15) is 32.0 Å². The van der Waals surface area contributed by atoms with Crippen molar-refractivity contribution in [3.63, 3.8) is 0 Å². The maximum Gasteiger partial charge on any atom is 0.132 e. The summed E-state index contributed by atoms with van der Waals surface area (Å²) < 4.78 is 0. The molecule has 0 spiro atoms. The van der Waals surface area contributed by atoms with E-state index in [1.807, 2.05) is 18.7 Å². The molecule has 0 aliphatic rings. The number of nitrogens with zero attached hydrogens (tertiary/aromatic N) is 2. The first-order valence-electron chi connectivity index (χ1n) is 6.12. The molecule has 17 heavy (non-hydrogen) atoms. The van der Waals surface area contributed by atoms with E-state index in [2.05, 4.69) is 21.5 Å². The molecule has 0 bridgehead atoms. The lowest BCUT2D eigenvalue weighted by molar-refractivity contribution is 0.747. The van der Waals surface area contributed by atoms with Gasteiger partial charge in [0, 0.05) is 19.0 Å². The minimum absolute atomic E-state index is 0.543. The molecular weight excluding hydrogens is 232 g/mol. The summed E-state index contributed by atoms with van der Waals surface area (Å²) in [5, 5.41) is 3.30. The quantitative estimate of drug-likeness (QED) is 0.698. The third kappa shape index (κ3) is 5.77. The number of aromatic nitrogens is 2. The molecule has 0 aliphatic carbocycles. The molecule has 5 heteroatoms. The third-order valence-corrected chi connectivity index (χ3v) is 3.14. The number of nitrogens with one attached hydrogen (secondary N) is 1. The van der Waals surface area contributed by atoms with Gasteiger partial charge in [0.25, 0.3) is 0 Å². The lowest BCUT2D eigenvalue weighted by Gasteiger charge is -2.07. The standard InChI is InChI=1S/C12H22N4S/c1-3-11-15-10(13)9-12(16-11)14-7-5-4-6-8-17-2/h9H,3-8H2,1-2H3,(H3,13,14,15,16). The van der Waals surface area contributed by atoms with Crippen molar-refractivity contribution in [1.82, 2.24) is 9.97 Å². The van der Waals surface area contributed by atoms with Crippen LogP contribution in [0.25, 0.3) is 0 Å². The normalized spacial score (nSPS) is 10.5. The fourth-order valence-corrected chi connectivity index (χ4v) is 2.02. The number of nitrogens with two attached hydrogens (primary N) is 1. The van der Waals surface area contributed by atoms with Crippen molar-refractivity contribution in [2.75, 3.05) is 29.6 Å². The highest BCUT2D eigenvalue weighted by Crippen LogP contribution is 2.09. The van der Waals surface area contributed by atoms with Gasteiger partial charge in [0.2, 0.25) is 0 Å². The number of anilines is 2. The minimum atomic E-state index is 0.543. The second-order valence-electron chi connectivity index (χ2n) is 3.93. The van der Waals surface area contributed by atoms with Crippen LogP contribution in [0, 0.1) is 0 Å². The van der Waals surface area contributed by atoms with E-state index in [0.29, 0.717) is 5.82 Å². The van der Waals surface area contributed by atoms with Crippen LogP contribution in [-0.2, 0) is 6.42 Å². The maximum atomic E-state index is 5.71. The predicted molar refractivity (Wildman–Crippen MR) is 76.5 cm³/mol. The van der Waals surface area contributed by atoms with Crippen LogP contribution in [0.2, 0.25) is 0 Å². The Labute approximate surface area is 108 Å². The highest BCUT2D eigenvalue weighted by molar-refractivity contribution is 7.98. The lowest BCUT2D eigenvalue weighted by atomic mass is 10.2. The number of aryl methyl sites for hydroxylation is 1. The van der Waals surface area contributed by atoms with Gasteiger partial charge in [0.15, 0.2) is 0 Å². The van der Waals surface area contributed by atoms with E-state index >= 15 is 0 Å². The van der Waals surface area contributed by atoms with Crippen LogP contribution in [0.3, 0.4) is 0 Å². The second-order valence-corrected chi connectivity index (χ2v) is 4.91. The van der Waals surface area contributed by atoms with Crippen molar-refractivity contribution in [3.8, 4) is 0 Å². The molecule has 0 saturated heterocycles. The molecular formula is C12H22N4S. The minimum Gasteiger partial charge on any atom is -0.384 e. The van der Waals surface area contributed by atoms with Crippen LogP contribution in [0.5, 0.6) is 0 Å². The van der Waals surface area contributed by atoms with E-state index in [1.54, 1.807) is 6.07 Å². The molecule has 0 amide bonds. The Kier molecular flexibility index (Phi) is 6.77. The maximum absolute atomic E-state index is 5.71. The third-order valence-electron chi connectivity index (χ3n) is 2.44. The molecule has 0 unspecified atom stereocenters. The molecule has 3 N–H and O–H groups in total. The number of unbranched alkanes of at least 4 members (excludes halogenated alkanes) is 2.